The zero-order valence-corrected chi connectivity index (χ0v) is 16.6. The molecule has 2 aliphatic carbocycles. The molecule has 8 nitrogen and oxygen atoms in total. The van der Waals surface area contributed by atoms with E-state index in [-0.39, 0.29) is 52.4 Å². The van der Waals surface area contributed by atoms with Gasteiger partial charge in [-0.3, -0.25) is 29.4 Å². The van der Waals surface area contributed by atoms with E-state index in [9.17, 15) is 24.5 Å². The first-order chi connectivity index (χ1) is 14.8. The molecule has 3 aliphatic rings. The number of hydrogen-bond donors (Lipinski definition) is 1. The van der Waals surface area contributed by atoms with Crippen molar-refractivity contribution in [1.29, 1.82) is 0 Å². The van der Waals surface area contributed by atoms with Gasteiger partial charge in [-0.05, 0) is 61.1 Å². The fraction of sp³-hybridized carbons (Fsp3) is 0.261. The predicted octanol–water partition coefficient (Wildman–Crippen LogP) is 3.47. The predicted molar refractivity (Wildman–Crippen MR) is 112 cm³/mol. The van der Waals surface area contributed by atoms with E-state index in [1.54, 1.807) is 25.1 Å². The van der Waals surface area contributed by atoms with Gasteiger partial charge in [0.15, 0.2) is 0 Å². The number of anilines is 2. The molecule has 2 bridgehead atoms. The molecule has 0 unspecified atom stereocenters. The van der Waals surface area contributed by atoms with Crippen LogP contribution >= 0.6 is 0 Å². The van der Waals surface area contributed by atoms with Gasteiger partial charge in [0, 0.05) is 11.6 Å². The molecule has 1 heterocycles. The van der Waals surface area contributed by atoms with E-state index in [1.807, 2.05) is 12.2 Å². The fourth-order valence-corrected chi connectivity index (χ4v) is 5.01. The second-order valence-electron chi connectivity index (χ2n) is 8.29. The summed E-state index contributed by atoms with van der Waals surface area (Å²) in [6.45, 7) is 1.73. The molecule has 31 heavy (non-hydrogen) atoms. The number of carbonyl (C=O) groups is 3. The molecule has 1 saturated heterocycles. The third kappa shape index (κ3) is 2.94. The second-order valence-corrected chi connectivity index (χ2v) is 8.29. The highest BCUT2D eigenvalue weighted by atomic mass is 16.6. The van der Waals surface area contributed by atoms with Crippen LogP contribution in [0, 0.1) is 40.7 Å². The number of nitro groups is 1. The molecule has 0 aromatic heterocycles. The van der Waals surface area contributed by atoms with E-state index in [2.05, 4.69) is 5.32 Å². The molecule has 1 saturated carbocycles. The van der Waals surface area contributed by atoms with E-state index in [1.165, 1.54) is 29.2 Å². The maximum Gasteiger partial charge on any atom is 0.293 e. The Hall–Kier alpha value is -3.81. The van der Waals surface area contributed by atoms with Crippen molar-refractivity contribution in [3.05, 3.63) is 75.9 Å². The summed E-state index contributed by atoms with van der Waals surface area (Å²) in [5.41, 5.74) is 1.32. The Morgan fingerprint density at radius 3 is 2.23 bits per heavy atom. The van der Waals surface area contributed by atoms with E-state index < -0.39 is 10.8 Å². The lowest BCUT2D eigenvalue weighted by Crippen LogP contribution is -2.32. The highest BCUT2D eigenvalue weighted by Gasteiger charge is 2.59. The third-order valence-corrected chi connectivity index (χ3v) is 6.46. The van der Waals surface area contributed by atoms with Gasteiger partial charge in [-0.2, -0.15) is 0 Å². The minimum absolute atomic E-state index is 0.102. The summed E-state index contributed by atoms with van der Waals surface area (Å²) >= 11 is 0. The lowest BCUT2D eigenvalue weighted by Gasteiger charge is -2.17. The van der Waals surface area contributed by atoms with Gasteiger partial charge in [0.2, 0.25) is 11.8 Å². The van der Waals surface area contributed by atoms with Gasteiger partial charge in [-0.1, -0.05) is 18.2 Å². The van der Waals surface area contributed by atoms with Crippen LogP contribution < -0.4 is 10.2 Å². The molecule has 5 rings (SSSR count). The molecule has 1 aliphatic heterocycles. The number of rotatable bonds is 4. The van der Waals surface area contributed by atoms with E-state index in [0.29, 0.717) is 11.3 Å². The Morgan fingerprint density at radius 2 is 1.65 bits per heavy atom. The zero-order chi connectivity index (χ0) is 21.9. The average Bonchev–Trinajstić information content (AvgIpc) is 3.43. The Morgan fingerprint density at radius 1 is 1.03 bits per heavy atom. The molecule has 2 aromatic carbocycles. The van der Waals surface area contributed by atoms with Gasteiger partial charge in [0.05, 0.1) is 22.4 Å². The van der Waals surface area contributed by atoms with Gasteiger partial charge in [0.25, 0.3) is 11.6 Å². The number of hydrogen-bond acceptors (Lipinski definition) is 5. The number of allylic oxidation sites excluding steroid dienone is 2. The molecule has 8 heteroatoms. The van der Waals surface area contributed by atoms with Crippen LogP contribution in [0.2, 0.25) is 0 Å². The maximum absolute atomic E-state index is 12.9. The quantitative estimate of drug-likeness (QED) is 0.355. The molecule has 2 fully saturated rings. The third-order valence-electron chi connectivity index (χ3n) is 6.46. The Kier molecular flexibility index (Phi) is 4.25. The van der Waals surface area contributed by atoms with Gasteiger partial charge in [-0.15, -0.1) is 0 Å². The fourth-order valence-electron chi connectivity index (χ4n) is 5.01. The number of nitro benzene ring substituents is 1. The molecule has 3 amide bonds. The summed E-state index contributed by atoms with van der Waals surface area (Å²) in [6.07, 6.45) is 4.95. The molecular formula is C23H19N3O5. The minimum Gasteiger partial charge on any atom is -0.316 e. The van der Waals surface area contributed by atoms with Crippen LogP contribution in [-0.4, -0.2) is 22.6 Å². The maximum atomic E-state index is 12.9. The first-order valence-electron chi connectivity index (χ1n) is 10.1. The number of fused-ring (bicyclic) bond motifs is 5. The first kappa shape index (κ1) is 19.2. The Labute approximate surface area is 177 Å². The highest BCUT2D eigenvalue weighted by molar-refractivity contribution is 6.23. The van der Waals surface area contributed by atoms with Crippen LogP contribution in [0.1, 0.15) is 22.3 Å². The van der Waals surface area contributed by atoms with Gasteiger partial charge >= 0.3 is 0 Å². The Balaban J connectivity index is 1.35. The molecule has 0 radical (unpaired) electrons. The van der Waals surface area contributed by atoms with Crippen LogP contribution in [0.25, 0.3) is 0 Å². The first-order valence-corrected chi connectivity index (χ1v) is 10.1. The van der Waals surface area contributed by atoms with Crippen molar-refractivity contribution < 1.29 is 19.3 Å². The average molecular weight is 417 g/mol. The van der Waals surface area contributed by atoms with Crippen molar-refractivity contribution in [1.82, 2.24) is 0 Å². The molecular weight excluding hydrogens is 398 g/mol. The minimum atomic E-state index is -0.546. The summed E-state index contributed by atoms with van der Waals surface area (Å²) in [4.78, 5) is 50.4. The summed E-state index contributed by atoms with van der Waals surface area (Å²) in [5.74, 6) is -1.19. The van der Waals surface area contributed by atoms with Crippen LogP contribution in [0.15, 0.2) is 54.6 Å². The second kappa shape index (κ2) is 6.87. The Bertz CT molecular complexity index is 1140. The lowest BCUT2D eigenvalue weighted by atomic mass is 9.85. The van der Waals surface area contributed by atoms with Crippen LogP contribution in [0.4, 0.5) is 17.1 Å². The van der Waals surface area contributed by atoms with Crippen LogP contribution in [-0.2, 0) is 9.59 Å². The van der Waals surface area contributed by atoms with Crippen molar-refractivity contribution in [2.75, 3.05) is 10.2 Å². The van der Waals surface area contributed by atoms with E-state index in [4.69, 9.17) is 0 Å². The van der Waals surface area contributed by atoms with Crippen molar-refractivity contribution >= 4 is 34.8 Å². The normalized spacial score (nSPS) is 25.8. The molecule has 156 valence electrons. The number of amides is 3. The van der Waals surface area contributed by atoms with E-state index >= 15 is 0 Å². The number of benzene rings is 2. The van der Waals surface area contributed by atoms with E-state index in [0.717, 1.165) is 6.42 Å². The summed E-state index contributed by atoms with van der Waals surface area (Å²) in [6, 6.07) is 10.7. The topological polar surface area (TPSA) is 110 Å². The molecule has 4 atom stereocenters. The van der Waals surface area contributed by atoms with Gasteiger partial charge < -0.3 is 5.32 Å². The smallest absolute Gasteiger partial charge is 0.293 e. The SMILES string of the molecule is Cc1ccc(NC(=O)c2ccc(N3C(=O)[C@@H]4[C@H](C3=O)[C@@H]3C=C[C@H]4C3)cc2)c([N+](=O)[O-])c1. The van der Waals surface area contributed by atoms with Crippen LogP contribution in [0.3, 0.4) is 0 Å². The van der Waals surface area contributed by atoms with Crippen molar-refractivity contribution in [3.8, 4) is 0 Å². The number of aryl methyl sites for hydroxylation is 1. The van der Waals surface area contributed by atoms with Crippen molar-refractivity contribution in [2.24, 2.45) is 23.7 Å². The van der Waals surface area contributed by atoms with Crippen LogP contribution in [0.5, 0.6) is 0 Å². The monoisotopic (exact) mass is 417 g/mol. The lowest BCUT2D eigenvalue weighted by molar-refractivity contribution is -0.384. The largest absolute Gasteiger partial charge is 0.316 e. The van der Waals surface area contributed by atoms with Crippen molar-refractivity contribution in [3.63, 3.8) is 0 Å². The van der Waals surface area contributed by atoms with Gasteiger partial charge in [0.1, 0.15) is 5.69 Å². The summed E-state index contributed by atoms with van der Waals surface area (Å²) in [7, 11) is 0. The van der Waals surface area contributed by atoms with Gasteiger partial charge in [-0.25, -0.2) is 0 Å². The zero-order valence-electron chi connectivity index (χ0n) is 16.6. The molecule has 1 N–H and O–H groups in total. The highest BCUT2D eigenvalue weighted by Crippen LogP contribution is 2.53. The summed E-state index contributed by atoms with van der Waals surface area (Å²) in [5, 5.41) is 13.8. The molecule has 2 aromatic rings. The number of imide groups is 1. The van der Waals surface area contributed by atoms with Crippen molar-refractivity contribution in [2.45, 2.75) is 13.3 Å². The number of carbonyl (C=O) groups excluding carboxylic acids is 3. The standard InChI is InChI=1S/C23H19N3O5/c1-12-2-9-17(18(10-12)26(30)31)24-21(27)13-5-7-16(8-6-13)25-22(28)19-14-3-4-15(11-14)20(19)23(25)29/h2-10,14-15,19-20H,11H2,1H3,(H,24,27)/t14-,15+,19-,20+. The number of nitrogens with one attached hydrogen (secondary N) is 1. The summed E-state index contributed by atoms with van der Waals surface area (Å²) < 4.78 is 0. The molecule has 0 spiro atoms. The number of nitrogens with zero attached hydrogens (tertiary/aromatic N) is 2.